The van der Waals surface area contributed by atoms with Gasteiger partial charge in [0.2, 0.25) is 5.91 Å². The SMILES string of the molecule is C=CC(=O)Nc1cc(-c2cnc(C)c(/C(Cl)=C\CCC)c2)ccc1F. The fraction of sp³-hybridized carbons (Fsp3) is 0.200. The van der Waals surface area contributed by atoms with Crippen molar-refractivity contribution in [3.05, 3.63) is 66.3 Å². The number of aromatic nitrogens is 1. The lowest BCUT2D eigenvalue weighted by atomic mass is 10.0. The van der Waals surface area contributed by atoms with Crippen LogP contribution in [0.25, 0.3) is 16.2 Å². The van der Waals surface area contributed by atoms with Crippen molar-refractivity contribution in [3.63, 3.8) is 0 Å². The molecule has 0 atom stereocenters. The van der Waals surface area contributed by atoms with Gasteiger partial charge in [0.05, 0.1) is 5.69 Å². The third-order valence-electron chi connectivity index (χ3n) is 3.70. The Morgan fingerprint density at radius 3 is 2.80 bits per heavy atom. The molecule has 1 heterocycles. The van der Waals surface area contributed by atoms with Crippen LogP contribution in [0, 0.1) is 12.7 Å². The van der Waals surface area contributed by atoms with E-state index in [1.165, 1.54) is 6.07 Å². The molecule has 5 heteroatoms. The van der Waals surface area contributed by atoms with Crippen molar-refractivity contribution in [1.29, 1.82) is 0 Å². The van der Waals surface area contributed by atoms with Crippen LogP contribution >= 0.6 is 11.6 Å². The van der Waals surface area contributed by atoms with Crippen molar-refractivity contribution < 1.29 is 9.18 Å². The summed E-state index contributed by atoms with van der Waals surface area (Å²) in [5.74, 6) is -0.982. The second-order valence-corrected chi connectivity index (χ2v) is 5.99. The molecule has 0 radical (unpaired) electrons. The number of allylic oxidation sites excluding steroid dienone is 1. The molecule has 25 heavy (non-hydrogen) atoms. The van der Waals surface area contributed by atoms with Gasteiger partial charge in [-0.3, -0.25) is 9.78 Å². The lowest BCUT2D eigenvalue weighted by Crippen LogP contribution is -2.08. The Hall–Kier alpha value is -2.46. The van der Waals surface area contributed by atoms with Crippen molar-refractivity contribution in [3.8, 4) is 11.1 Å². The van der Waals surface area contributed by atoms with Crippen LogP contribution in [0.2, 0.25) is 0 Å². The predicted octanol–water partition coefficient (Wildman–Crippen LogP) is 5.70. The molecule has 1 N–H and O–H groups in total. The Balaban J connectivity index is 2.43. The number of rotatable bonds is 6. The number of hydrogen-bond donors (Lipinski definition) is 1. The maximum atomic E-state index is 13.9. The smallest absolute Gasteiger partial charge is 0.247 e. The zero-order valence-corrected chi connectivity index (χ0v) is 15.0. The zero-order chi connectivity index (χ0) is 18.4. The van der Waals surface area contributed by atoms with Crippen molar-refractivity contribution in [2.75, 3.05) is 5.32 Å². The first-order valence-electron chi connectivity index (χ1n) is 8.02. The quantitative estimate of drug-likeness (QED) is 0.673. The molecule has 0 unspecified atom stereocenters. The maximum absolute atomic E-state index is 13.9. The zero-order valence-electron chi connectivity index (χ0n) is 14.3. The number of carbonyl (C=O) groups is 1. The molecule has 1 aromatic heterocycles. The Kier molecular flexibility index (Phi) is 6.48. The van der Waals surface area contributed by atoms with Gasteiger partial charge in [-0.2, -0.15) is 0 Å². The number of benzene rings is 1. The molecule has 0 fully saturated rings. The molecule has 0 spiro atoms. The summed E-state index contributed by atoms with van der Waals surface area (Å²) >= 11 is 6.39. The summed E-state index contributed by atoms with van der Waals surface area (Å²) in [4.78, 5) is 15.8. The van der Waals surface area contributed by atoms with Crippen LogP contribution in [0.4, 0.5) is 10.1 Å². The minimum atomic E-state index is -0.514. The van der Waals surface area contributed by atoms with Crippen molar-refractivity contribution in [2.45, 2.75) is 26.7 Å². The van der Waals surface area contributed by atoms with Crippen molar-refractivity contribution in [1.82, 2.24) is 4.98 Å². The van der Waals surface area contributed by atoms with E-state index >= 15 is 0 Å². The van der Waals surface area contributed by atoms with Crippen LogP contribution in [0.5, 0.6) is 0 Å². The van der Waals surface area contributed by atoms with E-state index < -0.39 is 11.7 Å². The maximum Gasteiger partial charge on any atom is 0.247 e. The van der Waals surface area contributed by atoms with Crippen LogP contribution in [0.15, 0.2) is 49.2 Å². The summed E-state index contributed by atoms with van der Waals surface area (Å²) in [5.41, 5.74) is 3.28. The summed E-state index contributed by atoms with van der Waals surface area (Å²) < 4.78 is 13.9. The highest BCUT2D eigenvalue weighted by atomic mass is 35.5. The molecule has 0 saturated carbocycles. The van der Waals surface area contributed by atoms with Crippen LogP contribution in [-0.2, 0) is 4.79 Å². The Morgan fingerprint density at radius 2 is 2.12 bits per heavy atom. The van der Waals surface area contributed by atoms with Gasteiger partial charge in [0.15, 0.2) is 0 Å². The summed E-state index contributed by atoms with van der Waals surface area (Å²) in [6, 6.07) is 6.43. The van der Waals surface area contributed by atoms with E-state index in [4.69, 9.17) is 11.6 Å². The second kappa shape index (κ2) is 8.58. The number of unbranched alkanes of at least 4 members (excludes halogenated alkanes) is 1. The fourth-order valence-electron chi connectivity index (χ4n) is 2.30. The monoisotopic (exact) mass is 358 g/mol. The molecule has 0 aliphatic carbocycles. The molecule has 0 aliphatic rings. The third-order valence-corrected chi connectivity index (χ3v) is 4.06. The third kappa shape index (κ3) is 4.77. The summed E-state index contributed by atoms with van der Waals surface area (Å²) in [6.45, 7) is 7.34. The van der Waals surface area contributed by atoms with E-state index in [9.17, 15) is 9.18 Å². The average Bonchev–Trinajstić information content (AvgIpc) is 2.61. The number of amides is 1. The number of nitrogens with one attached hydrogen (secondary N) is 1. The van der Waals surface area contributed by atoms with E-state index in [0.717, 1.165) is 41.3 Å². The van der Waals surface area contributed by atoms with Crippen LogP contribution in [-0.4, -0.2) is 10.9 Å². The molecule has 0 bridgehead atoms. The highest BCUT2D eigenvalue weighted by molar-refractivity contribution is 6.48. The van der Waals surface area contributed by atoms with Gasteiger partial charge in [-0.15, -0.1) is 0 Å². The highest BCUT2D eigenvalue weighted by Gasteiger charge is 2.10. The number of nitrogens with zero attached hydrogens (tertiary/aromatic N) is 1. The van der Waals surface area contributed by atoms with Gasteiger partial charge in [-0.25, -0.2) is 4.39 Å². The first-order valence-corrected chi connectivity index (χ1v) is 8.40. The van der Waals surface area contributed by atoms with E-state index in [1.54, 1.807) is 18.3 Å². The largest absolute Gasteiger partial charge is 0.320 e. The van der Waals surface area contributed by atoms with Crippen LogP contribution in [0.3, 0.4) is 0 Å². The van der Waals surface area contributed by atoms with E-state index in [-0.39, 0.29) is 5.69 Å². The second-order valence-electron chi connectivity index (χ2n) is 5.59. The number of carbonyl (C=O) groups excluding carboxylic acids is 1. The number of anilines is 1. The van der Waals surface area contributed by atoms with E-state index in [2.05, 4.69) is 23.8 Å². The molecule has 0 saturated heterocycles. The van der Waals surface area contributed by atoms with Gasteiger partial charge >= 0.3 is 0 Å². The normalized spacial score (nSPS) is 11.3. The fourth-order valence-corrected chi connectivity index (χ4v) is 2.60. The van der Waals surface area contributed by atoms with E-state index in [0.29, 0.717) is 5.03 Å². The minimum absolute atomic E-state index is 0.0946. The van der Waals surface area contributed by atoms with Gasteiger partial charge in [0.25, 0.3) is 0 Å². The molecule has 130 valence electrons. The standard InChI is InChI=1S/C20H20ClFN2O/c1-4-6-7-17(21)16-10-15(12-23-13(16)3)14-8-9-18(22)19(11-14)24-20(25)5-2/h5,7-12H,2,4,6H2,1,3H3,(H,24,25)/b17-7+. The van der Waals surface area contributed by atoms with E-state index in [1.807, 2.05) is 19.1 Å². The molecular weight excluding hydrogens is 339 g/mol. The summed E-state index contributed by atoms with van der Waals surface area (Å²) in [6.07, 6.45) is 6.66. The molecule has 3 nitrogen and oxygen atoms in total. The molecule has 2 aromatic rings. The van der Waals surface area contributed by atoms with Crippen molar-refractivity contribution >= 4 is 28.2 Å². The number of pyridine rings is 1. The lowest BCUT2D eigenvalue weighted by molar-refractivity contribution is -0.111. The first kappa shape index (κ1) is 18.9. The first-order chi connectivity index (χ1) is 12.0. The lowest BCUT2D eigenvalue weighted by Gasteiger charge is -2.10. The topological polar surface area (TPSA) is 42.0 Å². The number of aryl methyl sites for hydroxylation is 1. The molecule has 0 aliphatic heterocycles. The summed E-state index contributed by atoms with van der Waals surface area (Å²) in [5, 5.41) is 3.11. The van der Waals surface area contributed by atoms with Crippen LogP contribution in [0.1, 0.15) is 31.0 Å². The predicted molar refractivity (Wildman–Crippen MR) is 102 cm³/mol. The van der Waals surface area contributed by atoms with Gasteiger partial charge < -0.3 is 5.32 Å². The average molecular weight is 359 g/mol. The minimum Gasteiger partial charge on any atom is -0.320 e. The molecular formula is C20H20ClFN2O. The number of halogens is 2. The number of hydrogen-bond acceptors (Lipinski definition) is 2. The van der Waals surface area contributed by atoms with Crippen molar-refractivity contribution in [2.24, 2.45) is 0 Å². The van der Waals surface area contributed by atoms with Crippen LogP contribution < -0.4 is 5.32 Å². The van der Waals surface area contributed by atoms with Gasteiger partial charge in [-0.05, 0) is 43.2 Å². The Labute approximate surface area is 152 Å². The molecule has 1 amide bonds. The Bertz CT molecular complexity index is 830. The van der Waals surface area contributed by atoms with Gasteiger partial charge in [0, 0.05) is 28.0 Å². The highest BCUT2D eigenvalue weighted by Crippen LogP contribution is 2.29. The van der Waals surface area contributed by atoms with Gasteiger partial charge in [-0.1, -0.05) is 43.7 Å². The Morgan fingerprint density at radius 1 is 1.36 bits per heavy atom. The van der Waals surface area contributed by atoms with Gasteiger partial charge in [0.1, 0.15) is 5.82 Å². The molecule has 2 rings (SSSR count). The summed E-state index contributed by atoms with van der Waals surface area (Å²) in [7, 11) is 0. The molecule has 1 aromatic carbocycles.